The van der Waals surface area contributed by atoms with Crippen LogP contribution in [0.2, 0.25) is 10.0 Å². The molecule has 3 aromatic rings. The Bertz CT molecular complexity index is 1040. The fourth-order valence-electron chi connectivity index (χ4n) is 3.11. The van der Waals surface area contributed by atoms with Gasteiger partial charge >= 0.3 is 5.97 Å². The fraction of sp³-hybridized carbons (Fsp3) is 0.286. The Balaban J connectivity index is 1.54. The molecule has 10 heteroatoms. The molecule has 1 atom stereocenters. The average Bonchev–Trinajstić information content (AvgIpc) is 3.30. The normalized spacial score (nSPS) is 11.7. The summed E-state index contributed by atoms with van der Waals surface area (Å²) >= 11 is 12.3. The van der Waals surface area contributed by atoms with Crippen LogP contribution in [0.25, 0.3) is 5.69 Å². The first-order chi connectivity index (χ1) is 15.0. The topological polar surface area (TPSA) is 99.0 Å². The predicted octanol–water partition coefficient (Wildman–Crippen LogP) is 3.83. The smallest absolute Gasteiger partial charge is 0.338 e. The molecule has 0 fully saturated rings. The number of tetrazole rings is 1. The first kappa shape index (κ1) is 22.7. The lowest BCUT2D eigenvalue weighted by molar-refractivity contribution is -0.124. The lowest BCUT2D eigenvalue weighted by atomic mass is 9.94. The van der Waals surface area contributed by atoms with Crippen LogP contribution in [0.1, 0.15) is 41.6 Å². The monoisotopic (exact) mass is 461 g/mol. The lowest BCUT2D eigenvalue weighted by Crippen LogP contribution is -2.32. The summed E-state index contributed by atoms with van der Waals surface area (Å²) in [6, 6.07) is 11.9. The van der Waals surface area contributed by atoms with Crippen molar-refractivity contribution in [3.8, 4) is 5.69 Å². The zero-order valence-electron chi connectivity index (χ0n) is 16.8. The molecule has 0 bridgehead atoms. The van der Waals surface area contributed by atoms with Crippen molar-refractivity contribution >= 4 is 35.1 Å². The van der Waals surface area contributed by atoms with Crippen LogP contribution in [0.5, 0.6) is 0 Å². The van der Waals surface area contributed by atoms with Crippen molar-refractivity contribution in [2.24, 2.45) is 0 Å². The van der Waals surface area contributed by atoms with Crippen LogP contribution in [-0.4, -0.2) is 45.2 Å². The van der Waals surface area contributed by atoms with Crippen molar-refractivity contribution in [3.63, 3.8) is 0 Å². The van der Waals surface area contributed by atoms with Gasteiger partial charge in [0.15, 0.2) is 6.61 Å². The summed E-state index contributed by atoms with van der Waals surface area (Å²) in [5, 5.41) is 14.8. The second kappa shape index (κ2) is 10.9. The molecule has 0 radical (unpaired) electrons. The van der Waals surface area contributed by atoms with Crippen molar-refractivity contribution in [1.82, 2.24) is 25.5 Å². The Morgan fingerprint density at radius 2 is 2.03 bits per heavy atom. The number of carbonyl (C=O) groups excluding carboxylic acids is 2. The van der Waals surface area contributed by atoms with Crippen molar-refractivity contribution in [2.45, 2.75) is 25.7 Å². The summed E-state index contributed by atoms with van der Waals surface area (Å²) in [6.07, 6.45) is 3.18. The number of aromatic nitrogens is 4. The SMILES string of the molecule is CCCC(CNC(=O)COC(=O)c1cccc(-n2cnnn2)c1)c1ccc(Cl)cc1Cl. The molecular formula is C21H21Cl2N5O3. The number of esters is 1. The van der Waals surface area contributed by atoms with Gasteiger partial charge in [0.2, 0.25) is 0 Å². The Morgan fingerprint density at radius 3 is 2.74 bits per heavy atom. The lowest BCUT2D eigenvalue weighted by Gasteiger charge is -2.19. The van der Waals surface area contributed by atoms with Gasteiger partial charge in [0.05, 0.1) is 11.3 Å². The zero-order valence-corrected chi connectivity index (χ0v) is 18.3. The number of benzene rings is 2. The Morgan fingerprint density at radius 1 is 1.19 bits per heavy atom. The van der Waals surface area contributed by atoms with Crippen LogP contribution in [0.3, 0.4) is 0 Å². The molecule has 162 valence electrons. The van der Waals surface area contributed by atoms with Crippen LogP contribution in [0.15, 0.2) is 48.8 Å². The molecule has 3 rings (SSSR count). The van der Waals surface area contributed by atoms with E-state index in [9.17, 15) is 9.59 Å². The van der Waals surface area contributed by atoms with Crippen LogP contribution in [-0.2, 0) is 9.53 Å². The standard InChI is InChI=1S/C21H21Cl2N5O3/c1-2-4-15(18-8-7-16(22)10-19(18)23)11-24-20(29)12-31-21(30)14-5-3-6-17(9-14)28-13-25-26-27-28/h3,5-10,13,15H,2,4,11-12H2,1H3,(H,24,29). The van der Waals surface area contributed by atoms with E-state index in [0.29, 0.717) is 22.3 Å². The van der Waals surface area contributed by atoms with Gasteiger partial charge in [-0.1, -0.05) is 48.7 Å². The van der Waals surface area contributed by atoms with Crippen LogP contribution in [0.4, 0.5) is 0 Å². The minimum absolute atomic E-state index is 0.0300. The van der Waals surface area contributed by atoms with E-state index in [0.717, 1.165) is 18.4 Å². The fourth-order valence-corrected chi connectivity index (χ4v) is 3.67. The first-order valence-corrected chi connectivity index (χ1v) is 10.5. The van der Waals surface area contributed by atoms with E-state index in [4.69, 9.17) is 27.9 Å². The first-order valence-electron chi connectivity index (χ1n) is 9.70. The van der Waals surface area contributed by atoms with Gasteiger partial charge in [-0.05, 0) is 52.7 Å². The average molecular weight is 462 g/mol. The van der Waals surface area contributed by atoms with E-state index in [1.54, 1.807) is 36.4 Å². The van der Waals surface area contributed by atoms with Crippen LogP contribution < -0.4 is 5.32 Å². The highest BCUT2D eigenvalue weighted by Crippen LogP contribution is 2.30. The van der Waals surface area contributed by atoms with Gasteiger partial charge in [0.1, 0.15) is 6.33 Å². The van der Waals surface area contributed by atoms with Gasteiger partial charge in [-0.2, -0.15) is 0 Å². The highest BCUT2D eigenvalue weighted by molar-refractivity contribution is 6.35. The molecule has 0 aliphatic carbocycles. The molecule has 0 aliphatic rings. The summed E-state index contributed by atoms with van der Waals surface area (Å²) in [6.45, 7) is 2.05. The van der Waals surface area contributed by atoms with Crippen LogP contribution >= 0.6 is 23.2 Å². The van der Waals surface area contributed by atoms with Crippen molar-refractivity contribution < 1.29 is 14.3 Å². The van der Waals surface area contributed by atoms with E-state index >= 15 is 0 Å². The number of rotatable bonds is 9. The molecular weight excluding hydrogens is 441 g/mol. The summed E-state index contributed by atoms with van der Waals surface area (Å²) in [5.41, 5.74) is 1.81. The molecule has 1 amide bonds. The molecule has 0 saturated heterocycles. The minimum Gasteiger partial charge on any atom is -0.452 e. The molecule has 0 spiro atoms. The van der Waals surface area contributed by atoms with E-state index in [1.807, 2.05) is 6.07 Å². The molecule has 0 aliphatic heterocycles. The number of nitrogens with zero attached hydrogens (tertiary/aromatic N) is 4. The largest absolute Gasteiger partial charge is 0.452 e. The van der Waals surface area contributed by atoms with E-state index < -0.39 is 11.9 Å². The van der Waals surface area contributed by atoms with Gasteiger partial charge in [-0.15, -0.1) is 5.10 Å². The Kier molecular flexibility index (Phi) is 7.97. The maximum atomic E-state index is 12.3. The molecule has 1 heterocycles. The third-order valence-electron chi connectivity index (χ3n) is 4.61. The number of ether oxygens (including phenoxy) is 1. The number of hydrogen-bond donors (Lipinski definition) is 1. The Hall–Kier alpha value is -2.97. The van der Waals surface area contributed by atoms with Crippen molar-refractivity contribution in [3.05, 3.63) is 70.0 Å². The molecule has 8 nitrogen and oxygen atoms in total. The van der Waals surface area contributed by atoms with Gasteiger partial charge in [0.25, 0.3) is 5.91 Å². The second-order valence-corrected chi connectivity index (χ2v) is 7.68. The number of nitrogens with one attached hydrogen (secondary N) is 1. The van der Waals surface area contributed by atoms with Gasteiger partial charge < -0.3 is 10.1 Å². The quantitative estimate of drug-likeness (QED) is 0.486. The second-order valence-electron chi connectivity index (χ2n) is 6.84. The van der Waals surface area contributed by atoms with Crippen LogP contribution in [0, 0.1) is 0 Å². The molecule has 1 N–H and O–H groups in total. The molecule has 2 aromatic carbocycles. The minimum atomic E-state index is -0.615. The summed E-state index contributed by atoms with van der Waals surface area (Å²) in [4.78, 5) is 24.6. The number of carbonyl (C=O) groups is 2. The number of halogens is 2. The van der Waals surface area contributed by atoms with E-state index in [2.05, 4.69) is 27.8 Å². The third-order valence-corrected chi connectivity index (χ3v) is 5.18. The highest BCUT2D eigenvalue weighted by atomic mass is 35.5. The summed E-state index contributed by atoms with van der Waals surface area (Å²) in [5.74, 6) is -0.977. The van der Waals surface area contributed by atoms with Gasteiger partial charge in [0, 0.05) is 22.5 Å². The van der Waals surface area contributed by atoms with E-state index in [-0.39, 0.29) is 18.1 Å². The summed E-state index contributed by atoms with van der Waals surface area (Å²) < 4.78 is 6.56. The maximum absolute atomic E-state index is 12.3. The predicted molar refractivity (Wildman–Crippen MR) is 117 cm³/mol. The zero-order chi connectivity index (χ0) is 22.2. The summed E-state index contributed by atoms with van der Waals surface area (Å²) in [7, 11) is 0. The molecule has 1 aromatic heterocycles. The Labute approximate surface area is 189 Å². The molecule has 1 unspecified atom stereocenters. The maximum Gasteiger partial charge on any atom is 0.338 e. The molecule has 31 heavy (non-hydrogen) atoms. The molecule has 0 saturated carbocycles. The third kappa shape index (κ3) is 6.26. The van der Waals surface area contributed by atoms with Gasteiger partial charge in [-0.3, -0.25) is 4.79 Å². The number of amides is 1. The van der Waals surface area contributed by atoms with Gasteiger partial charge in [-0.25, -0.2) is 9.48 Å². The van der Waals surface area contributed by atoms with Crippen molar-refractivity contribution in [1.29, 1.82) is 0 Å². The van der Waals surface area contributed by atoms with E-state index in [1.165, 1.54) is 11.0 Å². The van der Waals surface area contributed by atoms with Crippen molar-refractivity contribution in [2.75, 3.05) is 13.2 Å². The number of hydrogen-bond acceptors (Lipinski definition) is 6. The highest BCUT2D eigenvalue weighted by Gasteiger charge is 2.17.